The topological polar surface area (TPSA) is 0 Å². The fraction of sp³-hybridized carbons (Fsp3) is 0.294. The number of likely N-dealkylation sites (N-methyl/N-ethyl adjacent to an activating group) is 1. The number of quaternary nitrogens is 1. The first-order valence-corrected chi connectivity index (χ1v) is 6.46. The lowest BCUT2D eigenvalue weighted by molar-refractivity contribution is -0.865. The van der Waals surface area contributed by atoms with Crippen molar-refractivity contribution in [3.63, 3.8) is 0 Å². The SMILES string of the molecule is C[N+](C)(C)CC1=CCC(=Cc2ccccc2)C=C1.[Br-]. The Hall–Kier alpha value is -1.12. The maximum absolute atomic E-state index is 2.35. The number of benzene rings is 1. The van der Waals surface area contributed by atoms with Crippen molar-refractivity contribution in [2.75, 3.05) is 27.7 Å². The van der Waals surface area contributed by atoms with Gasteiger partial charge in [0.15, 0.2) is 0 Å². The van der Waals surface area contributed by atoms with Gasteiger partial charge < -0.3 is 21.5 Å². The maximum Gasteiger partial charge on any atom is 0.103 e. The van der Waals surface area contributed by atoms with Gasteiger partial charge in [-0.2, -0.15) is 0 Å². The molecule has 0 aliphatic heterocycles. The number of hydrogen-bond donors (Lipinski definition) is 0. The Morgan fingerprint density at radius 1 is 1.05 bits per heavy atom. The number of nitrogens with zero attached hydrogens (tertiary/aromatic N) is 1. The molecule has 1 aromatic carbocycles. The van der Waals surface area contributed by atoms with Crippen LogP contribution in [0.1, 0.15) is 12.0 Å². The molecule has 2 rings (SSSR count). The van der Waals surface area contributed by atoms with Gasteiger partial charge in [0.25, 0.3) is 0 Å². The van der Waals surface area contributed by atoms with Crippen LogP contribution in [0.15, 0.2) is 59.7 Å². The molecule has 0 fully saturated rings. The number of halogens is 1. The minimum absolute atomic E-state index is 0. The summed E-state index contributed by atoms with van der Waals surface area (Å²) >= 11 is 0. The zero-order valence-electron chi connectivity index (χ0n) is 11.9. The third-order valence-electron chi connectivity index (χ3n) is 2.92. The van der Waals surface area contributed by atoms with Crippen LogP contribution in [0, 0.1) is 0 Å². The maximum atomic E-state index is 2.35. The van der Waals surface area contributed by atoms with Gasteiger partial charge in [0.05, 0.1) is 21.1 Å². The van der Waals surface area contributed by atoms with E-state index in [2.05, 4.69) is 75.8 Å². The summed E-state index contributed by atoms with van der Waals surface area (Å²) in [5.74, 6) is 0. The fourth-order valence-electron chi connectivity index (χ4n) is 2.13. The van der Waals surface area contributed by atoms with Gasteiger partial charge in [-0.1, -0.05) is 54.6 Å². The molecule has 0 atom stereocenters. The Morgan fingerprint density at radius 3 is 2.26 bits per heavy atom. The highest BCUT2D eigenvalue weighted by Crippen LogP contribution is 2.19. The lowest BCUT2D eigenvalue weighted by Gasteiger charge is -2.25. The fourth-order valence-corrected chi connectivity index (χ4v) is 2.13. The van der Waals surface area contributed by atoms with Crippen molar-refractivity contribution < 1.29 is 21.5 Å². The average Bonchev–Trinajstić information content (AvgIpc) is 2.31. The number of allylic oxidation sites excluding steroid dienone is 3. The molecule has 1 aliphatic rings. The zero-order chi connectivity index (χ0) is 13.0. The standard InChI is InChI=1S/C17H22N.BrH/c1-18(2,3)14-17-11-9-16(10-12-17)13-15-7-5-4-6-8-15;/h4-9,11-13H,10,14H2,1-3H3;1H/q+1;/p-1. The molecule has 0 unspecified atom stereocenters. The van der Waals surface area contributed by atoms with Crippen LogP contribution < -0.4 is 17.0 Å². The van der Waals surface area contributed by atoms with Gasteiger partial charge >= 0.3 is 0 Å². The van der Waals surface area contributed by atoms with E-state index in [0.29, 0.717) is 0 Å². The molecule has 1 nitrogen and oxygen atoms in total. The van der Waals surface area contributed by atoms with Gasteiger partial charge in [-0.15, -0.1) is 0 Å². The molecular formula is C17H22BrN. The summed E-state index contributed by atoms with van der Waals surface area (Å²) in [6.45, 7) is 1.09. The molecule has 1 aromatic rings. The average molecular weight is 320 g/mol. The summed E-state index contributed by atoms with van der Waals surface area (Å²) in [6.07, 6.45) is 10.1. The van der Waals surface area contributed by atoms with E-state index in [0.717, 1.165) is 17.4 Å². The monoisotopic (exact) mass is 319 g/mol. The van der Waals surface area contributed by atoms with Gasteiger partial charge in [0, 0.05) is 5.57 Å². The predicted molar refractivity (Wildman–Crippen MR) is 79.2 cm³/mol. The number of hydrogen-bond acceptors (Lipinski definition) is 0. The lowest BCUT2D eigenvalue weighted by Crippen LogP contribution is -3.00. The smallest absolute Gasteiger partial charge is 0.103 e. The Balaban J connectivity index is 0.00000180. The van der Waals surface area contributed by atoms with Gasteiger partial charge in [-0.3, -0.25) is 0 Å². The molecule has 102 valence electrons. The van der Waals surface area contributed by atoms with Crippen LogP contribution in [0.2, 0.25) is 0 Å². The van der Waals surface area contributed by atoms with Crippen LogP contribution in [0.4, 0.5) is 0 Å². The first-order valence-electron chi connectivity index (χ1n) is 6.46. The van der Waals surface area contributed by atoms with Crippen LogP contribution in [0.3, 0.4) is 0 Å². The normalized spacial score (nSPS) is 17.0. The second kappa shape index (κ2) is 6.88. The van der Waals surface area contributed by atoms with Crippen LogP contribution in [-0.4, -0.2) is 32.2 Å². The van der Waals surface area contributed by atoms with Crippen molar-refractivity contribution in [2.24, 2.45) is 0 Å². The van der Waals surface area contributed by atoms with Crippen molar-refractivity contribution >= 4 is 6.08 Å². The highest BCUT2D eigenvalue weighted by molar-refractivity contribution is 5.57. The molecule has 0 amide bonds. The van der Waals surface area contributed by atoms with Gasteiger partial charge in [-0.05, 0) is 17.6 Å². The summed E-state index contributed by atoms with van der Waals surface area (Å²) in [6, 6.07) is 10.5. The van der Waals surface area contributed by atoms with Crippen molar-refractivity contribution in [3.05, 3.63) is 65.3 Å². The Labute approximate surface area is 127 Å². The molecule has 0 bridgehead atoms. The minimum Gasteiger partial charge on any atom is -1.00 e. The highest BCUT2D eigenvalue weighted by Gasteiger charge is 2.11. The third kappa shape index (κ3) is 5.58. The molecule has 0 radical (unpaired) electrons. The van der Waals surface area contributed by atoms with Gasteiger partial charge in [0.2, 0.25) is 0 Å². The molecular weight excluding hydrogens is 298 g/mol. The summed E-state index contributed by atoms with van der Waals surface area (Å²) in [7, 11) is 6.68. The van der Waals surface area contributed by atoms with E-state index in [1.54, 1.807) is 0 Å². The second-order valence-corrected chi connectivity index (χ2v) is 5.89. The molecule has 0 N–H and O–H groups in total. The van der Waals surface area contributed by atoms with E-state index in [-0.39, 0.29) is 17.0 Å². The van der Waals surface area contributed by atoms with Crippen LogP contribution >= 0.6 is 0 Å². The van der Waals surface area contributed by atoms with Crippen molar-refractivity contribution in [1.29, 1.82) is 0 Å². The Bertz CT molecular complexity index is 490. The van der Waals surface area contributed by atoms with Crippen LogP contribution in [0.5, 0.6) is 0 Å². The molecule has 0 heterocycles. The van der Waals surface area contributed by atoms with Gasteiger partial charge in [0.1, 0.15) is 6.54 Å². The van der Waals surface area contributed by atoms with E-state index < -0.39 is 0 Å². The van der Waals surface area contributed by atoms with E-state index in [4.69, 9.17) is 0 Å². The first kappa shape index (κ1) is 15.9. The van der Waals surface area contributed by atoms with Crippen molar-refractivity contribution in [3.8, 4) is 0 Å². The molecule has 0 spiro atoms. The zero-order valence-corrected chi connectivity index (χ0v) is 13.5. The molecule has 0 saturated carbocycles. The summed E-state index contributed by atoms with van der Waals surface area (Å²) in [5.41, 5.74) is 4.10. The van der Waals surface area contributed by atoms with E-state index in [1.165, 1.54) is 16.7 Å². The van der Waals surface area contributed by atoms with Crippen molar-refractivity contribution in [2.45, 2.75) is 6.42 Å². The second-order valence-electron chi connectivity index (χ2n) is 5.89. The van der Waals surface area contributed by atoms with Crippen molar-refractivity contribution in [1.82, 2.24) is 0 Å². The molecule has 2 heteroatoms. The van der Waals surface area contributed by atoms with Gasteiger partial charge in [-0.25, -0.2) is 0 Å². The summed E-state index contributed by atoms with van der Waals surface area (Å²) in [4.78, 5) is 0. The lowest BCUT2D eigenvalue weighted by atomic mass is 9.99. The molecule has 1 aliphatic carbocycles. The predicted octanol–water partition coefficient (Wildman–Crippen LogP) is 0.667. The minimum atomic E-state index is 0. The third-order valence-corrected chi connectivity index (χ3v) is 2.92. The van der Waals surface area contributed by atoms with Crippen LogP contribution in [0.25, 0.3) is 6.08 Å². The van der Waals surface area contributed by atoms with E-state index in [9.17, 15) is 0 Å². The quantitative estimate of drug-likeness (QED) is 0.718. The summed E-state index contributed by atoms with van der Waals surface area (Å²) in [5, 5.41) is 0. The number of rotatable bonds is 3. The Morgan fingerprint density at radius 2 is 1.74 bits per heavy atom. The highest BCUT2D eigenvalue weighted by atomic mass is 79.9. The molecule has 0 aromatic heterocycles. The molecule has 0 saturated heterocycles. The first-order chi connectivity index (χ1) is 8.53. The van der Waals surface area contributed by atoms with E-state index in [1.807, 2.05) is 0 Å². The van der Waals surface area contributed by atoms with Crippen LogP contribution in [-0.2, 0) is 0 Å². The molecule has 19 heavy (non-hydrogen) atoms. The summed E-state index contributed by atoms with van der Waals surface area (Å²) < 4.78 is 0.980. The largest absolute Gasteiger partial charge is 1.00 e. The van der Waals surface area contributed by atoms with E-state index >= 15 is 0 Å². The Kier molecular flexibility index (Phi) is 5.77.